The van der Waals surface area contributed by atoms with E-state index in [4.69, 9.17) is 0 Å². The van der Waals surface area contributed by atoms with Crippen molar-refractivity contribution in [2.24, 2.45) is 0 Å². The minimum atomic E-state index is -0.0950. The molecule has 0 fully saturated rings. The van der Waals surface area contributed by atoms with E-state index < -0.39 is 0 Å². The van der Waals surface area contributed by atoms with Gasteiger partial charge in [-0.1, -0.05) is 48.5 Å². The van der Waals surface area contributed by atoms with Crippen molar-refractivity contribution >= 4 is 6.03 Å². The highest BCUT2D eigenvalue weighted by Crippen LogP contribution is 2.19. The van der Waals surface area contributed by atoms with E-state index in [1.54, 1.807) is 11.9 Å². The number of rotatable bonds is 5. The van der Waals surface area contributed by atoms with Gasteiger partial charge in [0.15, 0.2) is 0 Å². The van der Waals surface area contributed by atoms with E-state index >= 15 is 0 Å². The maximum atomic E-state index is 12.5. The van der Waals surface area contributed by atoms with Crippen LogP contribution < -0.4 is 10.6 Å². The van der Waals surface area contributed by atoms with Crippen LogP contribution in [0.4, 0.5) is 4.79 Å². The molecule has 2 amide bonds. The molecule has 0 spiro atoms. The minimum absolute atomic E-state index is 0.0950. The van der Waals surface area contributed by atoms with Gasteiger partial charge in [-0.15, -0.1) is 0 Å². The first kappa shape index (κ1) is 18.3. The molecule has 0 atom stereocenters. The molecule has 6 heteroatoms. The molecule has 2 heterocycles. The summed E-state index contributed by atoms with van der Waals surface area (Å²) in [5.41, 5.74) is 6.74. The molecule has 4 rings (SSSR count). The molecular weight excluding hydrogens is 350 g/mol. The lowest BCUT2D eigenvalue weighted by Gasteiger charge is -2.22. The number of aromatic amines is 1. The molecule has 28 heavy (non-hydrogen) atoms. The van der Waals surface area contributed by atoms with Crippen molar-refractivity contribution in [3.63, 3.8) is 0 Å². The van der Waals surface area contributed by atoms with Gasteiger partial charge < -0.3 is 15.5 Å². The molecule has 144 valence electrons. The molecule has 0 bridgehead atoms. The van der Waals surface area contributed by atoms with Crippen LogP contribution in [0.3, 0.4) is 0 Å². The number of hydrogen-bond acceptors (Lipinski definition) is 3. The third-order valence-corrected chi connectivity index (χ3v) is 5.12. The number of nitrogens with one attached hydrogen (secondary N) is 3. The molecule has 3 N–H and O–H groups in total. The van der Waals surface area contributed by atoms with Crippen LogP contribution in [0.1, 0.15) is 22.4 Å². The zero-order chi connectivity index (χ0) is 19.3. The first-order chi connectivity index (χ1) is 13.7. The van der Waals surface area contributed by atoms with Crippen molar-refractivity contribution in [2.75, 3.05) is 13.6 Å². The molecule has 0 aliphatic carbocycles. The summed E-state index contributed by atoms with van der Waals surface area (Å²) >= 11 is 0. The number of carbonyl (C=O) groups is 1. The lowest BCUT2D eigenvalue weighted by molar-refractivity contribution is 0.206. The SMILES string of the molecule is CN(Cc1cc(-c2ccccc2)n[nH]1)C(=O)NCc1cccc2c1CCNC2. The first-order valence-electron chi connectivity index (χ1n) is 9.60. The summed E-state index contributed by atoms with van der Waals surface area (Å²) in [6, 6.07) is 18.2. The van der Waals surface area contributed by atoms with Crippen LogP contribution in [0.5, 0.6) is 0 Å². The van der Waals surface area contributed by atoms with Crippen molar-refractivity contribution in [1.29, 1.82) is 0 Å². The quantitative estimate of drug-likeness (QED) is 0.642. The van der Waals surface area contributed by atoms with Crippen LogP contribution in [-0.4, -0.2) is 34.7 Å². The van der Waals surface area contributed by atoms with Crippen molar-refractivity contribution in [3.05, 3.63) is 77.0 Å². The van der Waals surface area contributed by atoms with Crippen molar-refractivity contribution < 1.29 is 4.79 Å². The summed E-state index contributed by atoms with van der Waals surface area (Å²) < 4.78 is 0. The van der Waals surface area contributed by atoms with Crippen molar-refractivity contribution in [1.82, 2.24) is 25.7 Å². The van der Waals surface area contributed by atoms with Gasteiger partial charge in [0.05, 0.1) is 17.9 Å². The average molecular weight is 375 g/mol. The van der Waals surface area contributed by atoms with Gasteiger partial charge in [-0.25, -0.2) is 4.79 Å². The van der Waals surface area contributed by atoms with E-state index in [1.165, 1.54) is 16.7 Å². The van der Waals surface area contributed by atoms with Gasteiger partial charge in [-0.05, 0) is 35.7 Å². The van der Waals surface area contributed by atoms with Crippen LogP contribution in [0.2, 0.25) is 0 Å². The zero-order valence-electron chi connectivity index (χ0n) is 16.0. The fourth-order valence-corrected chi connectivity index (χ4v) is 3.61. The number of urea groups is 1. The van der Waals surface area contributed by atoms with E-state index in [-0.39, 0.29) is 6.03 Å². The number of carbonyl (C=O) groups excluding carboxylic acids is 1. The molecule has 0 radical (unpaired) electrons. The Kier molecular flexibility index (Phi) is 5.39. The van der Waals surface area contributed by atoms with E-state index in [0.29, 0.717) is 13.1 Å². The Morgan fingerprint density at radius 2 is 2.04 bits per heavy atom. The minimum Gasteiger partial charge on any atom is -0.334 e. The normalized spacial score (nSPS) is 13.0. The largest absolute Gasteiger partial charge is 0.334 e. The maximum Gasteiger partial charge on any atom is 0.317 e. The summed E-state index contributed by atoms with van der Waals surface area (Å²) in [5.74, 6) is 0. The maximum absolute atomic E-state index is 12.5. The Morgan fingerprint density at radius 3 is 2.89 bits per heavy atom. The standard InChI is InChI=1S/C22H25N5O/c1-27(15-19-12-21(26-25-19)16-6-3-2-4-7-16)22(28)24-14-18-9-5-8-17-13-23-11-10-20(17)18/h2-9,12,23H,10-11,13-15H2,1H3,(H,24,28)(H,25,26). The van der Waals surface area contributed by atoms with E-state index in [2.05, 4.69) is 39.0 Å². The molecule has 0 saturated heterocycles. The molecule has 2 aromatic carbocycles. The number of amides is 2. The van der Waals surface area contributed by atoms with E-state index in [0.717, 1.165) is 36.5 Å². The van der Waals surface area contributed by atoms with E-state index in [1.807, 2.05) is 36.4 Å². The van der Waals surface area contributed by atoms with Gasteiger partial charge in [0.2, 0.25) is 0 Å². The first-order valence-corrected chi connectivity index (χ1v) is 9.60. The topological polar surface area (TPSA) is 73.0 Å². The lowest BCUT2D eigenvalue weighted by Crippen LogP contribution is -2.37. The van der Waals surface area contributed by atoms with Crippen molar-refractivity contribution in [3.8, 4) is 11.3 Å². The molecule has 3 aromatic rings. The second-order valence-corrected chi connectivity index (χ2v) is 7.14. The molecule has 6 nitrogen and oxygen atoms in total. The number of nitrogens with zero attached hydrogens (tertiary/aromatic N) is 2. The molecule has 0 saturated carbocycles. The summed E-state index contributed by atoms with van der Waals surface area (Å²) in [6.45, 7) is 2.91. The lowest BCUT2D eigenvalue weighted by atomic mass is 9.95. The van der Waals surface area contributed by atoms with Crippen LogP contribution in [0, 0.1) is 0 Å². The van der Waals surface area contributed by atoms with Gasteiger partial charge in [0, 0.05) is 25.7 Å². The number of hydrogen-bond donors (Lipinski definition) is 3. The second kappa shape index (κ2) is 8.27. The highest BCUT2D eigenvalue weighted by molar-refractivity contribution is 5.74. The number of fused-ring (bicyclic) bond motifs is 1. The Morgan fingerprint density at radius 1 is 1.18 bits per heavy atom. The van der Waals surface area contributed by atoms with E-state index in [9.17, 15) is 4.79 Å². The third-order valence-electron chi connectivity index (χ3n) is 5.12. The van der Waals surface area contributed by atoms with Gasteiger partial charge in [0.25, 0.3) is 0 Å². The Bertz CT molecular complexity index is 951. The predicted molar refractivity (Wildman–Crippen MR) is 110 cm³/mol. The summed E-state index contributed by atoms with van der Waals surface area (Å²) in [5, 5.41) is 13.8. The molecule has 1 aliphatic rings. The molecular formula is C22H25N5O. The van der Waals surface area contributed by atoms with Gasteiger partial charge in [-0.3, -0.25) is 5.10 Å². The van der Waals surface area contributed by atoms with Crippen LogP contribution in [-0.2, 0) is 26.1 Å². The van der Waals surface area contributed by atoms with Crippen LogP contribution >= 0.6 is 0 Å². The fourth-order valence-electron chi connectivity index (χ4n) is 3.61. The number of H-pyrrole nitrogens is 1. The Labute approximate surface area is 165 Å². The highest BCUT2D eigenvalue weighted by Gasteiger charge is 2.15. The molecule has 1 aliphatic heterocycles. The van der Waals surface area contributed by atoms with Crippen molar-refractivity contribution in [2.45, 2.75) is 26.1 Å². The fraction of sp³-hybridized carbons (Fsp3) is 0.273. The van der Waals surface area contributed by atoms with Gasteiger partial charge in [0.1, 0.15) is 0 Å². The monoisotopic (exact) mass is 375 g/mol. The smallest absolute Gasteiger partial charge is 0.317 e. The Hall–Kier alpha value is -3.12. The second-order valence-electron chi connectivity index (χ2n) is 7.14. The highest BCUT2D eigenvalue weighted by atomic mass is 16.2. The molecule has 0 unspecified atom stereocenters. The zero-order valence-corrected chi connectivity index (χ0v) is 16.0. The predicted octanol–water partition coefficient (Wildman–Crippen LogP) is 3.06. The summed E-state index contributed by atoms with van der Waals surface area (Å²) in [6.07, 6.45) is 1.01. The average Bonchev–Trinajstić information content (AvgIpc) is 3.21. The summed E-state index contributed by atoms with van der Waals surface area (Å²) in [7, 11) is 1.79. The van der Waals surface area contributed by atoms with Gasteiger partial charge in [-0.2, -0.15) is 5.10 Å². The Balaban J connectivity index is 1.35. The molecule has 1 aromatic heterocycles. The van der Waals surface area contributed by atoms with Gasteiger partial charge >= 0.3 is 6.03 Å². The number of benzene rings is 2. The summed E-state index contributed by atoms with van der Waals surface area (Å²) in [4.78, 5) is 14.2. The van der Waals surface area contributed by atoms with Crippen LogP contribution in [0.15, 0.2) is 54.6 Å². The third kappa shape index (κ3) is 4.07. The van der Waals surface area contributed by atoms with Crippen LogP contribution in [0.25, 0.3) is 11.3 Å². The number of aromatic nitrogens is 2.